The first-order chi connectivity index (χ1) is 12.3. The summed E-state index contributed by atoms with van der Waals surface area (Å²) in [5.74, 6) is 2.16. The Morgan fingerprint density at radius 2 is 2.16 bits per heavy atom. The smallest absolute Gasteiger partial charge is 0.226 e. The predicted octanol–water partition coefficient (Wildman–Crippen LogP) is 2.39. The molecule has 6 nitrogen and oxygen atoms in total. The standard InChI is InChI=1S/C19H20N4O2/c20-13-14-4-1-6-21-18(14)22-7-3-8-23(10-9-22)19(24)16-12-15(16)17-5-2-11-25-17/h1-2,4-6,11,15-16H,3,7-10,12H2. The van der Waals surface area contributed by atoms with Crippen LogP contribution in [-0.4, -0.2) is 42.0 Å². The maximum atomic E-state index is 12.8. The summed E-state index contributed by atoms with van der Waals surface area (Å²) in [7, 11) is 0. The molecule has 2 aliphatic rings. The summed E-state index contributed by atoms with van der Waals surface area (Å²) >= 11 is 0. The van der Waals surface area contributed by atoms with E-state index in [2.05, 4.69) is 16.0 Å². The average molecular weight is 336 g/mol. The highest BCUT2D eigenvalue weighted by molar-refractivity contribution is 5.83. The second kappa shape index (κ2) is 6.60. The van der Waals surface area contributed by atoms with Gasteiger partial charge < -0.3 is 14.2 Å². The van der Waals surface area contributed by atoms with Gasteiger partial charge in [-0.25, -0.2) is 4.98 Å². The van der Waals surface area contributed by atoms with Crippen LogP contribution in [0.2, 0.25) is 0 Å². The van der Waals surface area contributed by atoms with Crippen LogP contribution in [-0.2, 0) is 4.79 Å². The molecule has 2 aromatic rings. The Bertz CT molecular complexity index is 796. The van der Waals surface area contributed by atoms with Gasteiger partial charge in [0.2, 0.25) is 5.91 Å². The molecule has 1 saturated carbocycles. The number of carbonyl (C=O) groups excluding carboxylic acids is 1. The van der Waals surface area contributed by atoms with Gasteiger partial charge in [0, 0.05) is 44.2 Å². The number of anilines is 1. The van der Waals surface area contributed by atoms with E-state index in [4.69, 9.17) is 4.42 Å². The summed E-state index contributed by atoms with van der Waals surface area (Å²) in [4.78, 5) is 21.2. The molecule has 0 bridgehead atoms. The Labute approximate surface area is 146 Å². The van der Waals surface area contributed by atoms with Crippen molar-refractivity contribution < 1.29 is 9.21 Å². The Balaban J connectivity index is 1.40. The number of pyridine rings is 1. The molecule has 1 saturated heterocycles. The Hall–Kier alpha value is -2.81. The number of rotatable bonds is 3. The minimum absolute atomic E-state index is 0.0576. The number of aromatic nitrogens is 1. The van der Waals surface area contributed by atoms with Crippen molar-refractivity contribution in [3.05, 3.63) is 48.0 Å². The number of nitrogens with zero attached hydrogens (tertiary/aromatic N) is 4. The van der Waals surface area contributed by atoms with E-state index in [0.717, 1.165) is 37.5 Å². The lowest BCUT2D eigenvalue weighted by molar-refractivity contribution is -0.132. The molecule has 3 heterocycles. The lowest BCUT2D eigenvalue weighted by Crippen LogP contribution is -2.36. The van der Waals surface area contributed by atoms with Crippen LogP contribution < -0.4 is 4.90 Å². The maximum Gasteiger partial charge on any atom is 0.226 e. The van der Waals surface area contributed by atoms with Crippen LogP contribution in [0.5, 0.6) is 0 Å². The molecule has 0 aromatic carbocycles. The van der Waals surface area contributed by atoms with Gasteiger partial charge in [-0.15, -0.1) is 0 Å². The summed E-state index contributed by atoms with van der Waals surface area (Å²) in [6.45, 7) is 2.93. The van der Waals surface area contributed by atoms with Gasteiger partial charge in [-0.2, -0.15) is 5.26 Å². The number of hydrogen-bond acceptors (Lipinski definition) is 5. The number of hydrogen-bond donors (Lipinski definition) is 0. The zero-order valence-corrected chi connectivity index (χ0v) is 14.0. The second-order valence-electron chi connectivity index (χ2n) is 6.62. The molecule has 1 aliphatic carbocycles. The van der Waals surface area contributed by atoms with Gasteiger partial charge in [0.15, 0.2) is 0 Å². The first kappa shape index (κ1) is 15.7. The van der Waals surface area contributed by atoms with Crippen molar-refractivity contribution >= 4 is 11.7 Å². The monoisotopic (exact) mass is 336 g/mol. The fraction of sp³-hybridized carbons (Fsp3) is 0.421. The largest absolute Gasteiger partial charge is 0.469 e. The van der Waals surface area contributed by atoms with E-state index >= 15 is 0 Å². The molecule has 2 unspecified atom stereocenters. The van der Waals surface area contributed by atoms with E-state index in [9.17, 15) is 10.1 Å². The number of furan rings is 1. The summed E-state index contributed by atoms with van der Waals surface area (Å²) in [5.41, 5.74) is 0.586. The summed E-state index contributed by atoms with van der Waals surface area (Å²) in [6.07, 6.45) is 5.14. The van der Waals surface area contributed by atoms with Gasteiger partial charge in [-0.05, 0) is 37.1 Å². The average Bonchev–Trinajstić information content (AvgIpc) is 3.34. The zero-order chi connectivity index (χ0) is 17.2. The maximum absolute atomic E-state index is 12.8. The molecular weight excluding hydrogens is 316 g/mol. The highest BCUT2D eigenvalue weighted by atomic mass is 16.3. The van der Waals surface area contributed by atoms with Crippen molar-refractivity contribution in [2.75, 3.05) is 31.1 Å². The van der Waals surface area contributed by atoms with Crippen LogP contribution in [0, 0.1) is 17.2 Å². The van der Waals surface area contributed by atoms with Crippen LogP contribution in [0.3, 0.4) is 0 Å². The Kier molecular flexibility index (Phi) is 4.14. The van der Waals surface area contributed by atoms with Crippen molar-refractivity contribution in [3.63, 3.8) is 0 Å². The Morgan fingerprint density at radius 1 is 1.24 bits per heavy atom. The molecule has 2 fully saturated rings. The van der Waals surface area contributed by atoms with Gasteiger partial charge >= 0.3 is 0 Å². The van der Waals surface area contributed by atoms with E-state index in [0.29, 0.717) is 18.7 Å². The summed E-state index contributed by atoms with van der Waals surface area (Å²) < 4.78 is 5.43. The molecule has 128 valence electrons. The molecule has 2 aromatic heterocycles. The van der Waals surface area contributed by atoms with Crippen LogP contribution in [0.15, 0.2) is 41.1 Å². The molecule has 0 radical (unpaired) electrons. The van der Waals surface area contributed by atoms with E-state index in [1.165, 1.54) is 0 Å². The lowest BCUT2D eigenvalue weighted by Gasteiger charge is -2.23. The quantitative estimate of drug-likeness (QED) is 0.860. The number of amides is 1. The molecule has 4 rings (SSSR count). The fourth-order valence-corrected chi connectivity index (χ4v) is 3.61. The Morgan fingerprint density at radius 3 is 2.96 bits per heavy atom. The molecule has 0 N–H and O–H groups in total. The lowest BCUT2D eigenvalue weighted by atomic mass is 10.2. The topological polar surface area (TPSA) is 73.4 Å². The first-order valence-electron chi connectivity index (χ1n) is 8.70. The number of carbonyl (C=O) groups is 1. The van der Waals surface area contributed by atoms with Crippen molar-refractivity contribution in [1.82, 2.24) is 9.88 Å². The van der Waals surface area contributed by atoms with Gasteiger partial charge in [0.1, 0.15) is 17.6 Å². The van der Waals surface area contributed by atoms with Crippen LogP contribution in [0.25, 0.3) is 0 Å². The van der Waals surface area contributed by atoms with E-state index < -0.39 is 0 Å². The van der Waals surface area contributed by atoms with Crippen molar-refractivity contribution in [2.45, 2.75) is 18.8 Å². The first-order valence-corrected chi connectivity index (χ1v) is 8.70. The van der Waals surface area contributed by atoms with Crippen LogP contribution >= 0.6 is 0 Å². The molecular formula is C19H20N4O2. The number of nitriles is 1. The fourth-order valence-electron chi connectivity index (χ4n) is 3.61. The van der Waals surface area contributed by atoms with Gasteiger partial charge in [0.05, 0.1) is 11.8 Å². The van der Waals surface area contributed by atoms with Gasteiger partial charge in [-0.1, -0.05) is 0 Å². The van der Waals surface area contributed by atoms with Crippen molar-refractivity contribution in [3.8, 4) is 6.07 Å². The molecule has 6 heteroatoms. The van der Waals surface area contributed by atoms with Gasteiger partial charge in [-0.3, -0.25) is 4.79 Å². The normalized spacial score (nSPS) is 23.0. The molecule has 25 heavy (non-hydrogen) atoms. The highest BCUT2D eigenvalue weighted by Gasteiger charge is 2.47. The third-order valence-corrected chi connectivity index (χ3v) is 5.03. The summed E-state index contributed by atoms with van der Waals surface area (Å²) in [5, 5.41) is 9.27. The van der Waals surface area contributed by atoms with Crippen molar-refractivity contribution in [2.24, 2.45) is 5.92 Å². The van der Waals surface area contributed by atoms with Gasteiger partial charge in [0.25, 0.3) is 0 Å². The van der Waals surface area contributed by atoms with E-state index in [1.54, 1.807) is 24.6 Å². The summed E-state index contributed by atoms with van der Waals surface area (Å²) in [6, 6.07) is 9.59. The van der Waals surface area contributed by atoms with E-state index in [1.807, 2.05) is 17.0 Å². The zero-order valence-electron chi connectivity index (χ0n) is 14.0. The minimum atomic E-state index is 0.0576. The minimum Gasteiger partial charge on any atom is -0.469 e. The highest BCUT2D eigenvalue weighted by Crippen LogP contribution is 2.48. The van der Waals surface area contributed by atoms with E-state index in [-0.39, 0.29) is 17.7 Å². The molecule has 0 spiro atoms. The SMILES string of the molecule is N#Cc1cccnc1N1CCCN(C(=O)C2CC2c2ccco2)CC1. The second-order valence-corrected chi connectivity index (χ2v) is 6.62. The third-order valence-electron chi connectivity index (χ3n) is 5.03. The third kappa shape index (κ3) is 3.10. The van der Waals surface area contributed by atoms with Crippen molar-refractivity contribution in [1.29, 1.82) is 5.26 Å². The predicted molar refractivity (Wildman–Crippen MR) is 91.9 cm³/mol. The molecule has 1 amide bonds. The van der Waals surface area contributed by atoms with Crippen LogP contribution in [0.4, 0.5) is 5.82 Å². The molecule has 1 aliphatic heterocycles. The molecule has 2 atom stereocenters. The van der Waals surface area contributed by atoms with Crippen LogP contribution in [0.1, 0.15) is 30.1 Å².